The minimum absolute atomic E-state index is 0.939. The van der Waals surface area contributed by atoms with E-state index < -0.39 is 0 Å². The summed E-state index contributed by atoms with van der Waals surface area (Å²) in [7, 11) is 1.73. The summed E-state index contributed by atoms with van der Waals surface area (Å²) >= 11 is 0. The number of piperazine rings is 2. The highest BCUT2D eigenvalue weighted by Crippen LogP contribution is 2.22. The minimum atomic E-state index is 0.939. The van der Waals surface area contributed by atoms with Crippen LogP contribution in [0, 0.1) is 0 Å². The van der Waals surface area contributed by atoms with E-state index in [1.807, 2.05) is 12.3 Å². The first-order valence-corrected chi connectivity index (χ1v) is 8.99. The van der Waals surface area contributed by atoms with Crippen LogP contribution in [0.4, 0.5) is 5.69 Å². The van der Waals surface area contributed by atoms with Gasteiger partial charge in [0.05, 0.1) is 7.11 Å². The molecule has 2 heterocycles. The molecule has 3 rings (SSSR count). The zero-order valence-corrected chi connectivity index (χ0v) is 14.9. The molecule has 24 heavy (non-hydrogen) atoms. The largest absolute Gasteiger partial charge is 0.497 e. The summed E-state index contributed by atoms with van der Waals surface area (Å²) < 4.78 is 5.34. The van der Waals surface area contributed by atoms with Crippen molar-refractivity contribution in [1.29, 1.82) is 0 Å². The topological polar surface area (TPSA) is 22.2 Å². The van der Waals surface area contributed by atoms with Gasteiger partial charge in [0, 0.05) is 77.2 Å². The van der Waals surface area contributed by atoms with Gasteiger partial charge in [-0.2, -0.15) is 0 Å². The summed E-state index contributed by atoms with van der Waals surface area (Å²) in [6.07, 6.45) is 1.97. The average Bonchev–Trinajstić information content (AvgIpc) is 2.67. The Labute approximate surface area is 146 Å². The van der Waals surface area contributed by atoms with E-state index in [2.05, 4.69) is 44.4 Å². The fraction of sp³-hybridized carbons (Fsp3) is 0.579. The number of rotatable bonds is 6. The molecule has 0 amide bonds. The molecule has 1 aromatic rings. The van der Waals surface area contributed by atoms with Crippen LogP contribution in [0.5, 0.6) is 5.75 Å². The van der Waals surface area contributed by atoms with Crippen LogP contribution in [0.15, 0.2) is 37.0 Å². The molecular weight excluding hydrogens is 300 g/mol. The smallest absolute Gasteiger partial charge is 0.120 e. The molecule has 0 bridgehead atoms. The van der Waals surface area contributed by atoms with Crippen LogP contribution >= 0.6 is 0 Å². The number of anilines is 1. The van der Waals surface area contributed by atoms with Gasteiger partial charge in [0.25, 0.3) is 0 Å². The molecule has 2 aliphatic heterocycles. The third-order valence-electron chi connectivity index (χ3n) is 5.19. The zero-order chi connectivity index (χ0) is 16.8. The molecule has 0 saturated carbocycles. The van der Waals surface area contributed by atoms with Crippen LogP contribution in [0.3, 0.4) is 0 Å². The summed E-state index contributed by atoms with van der Waals surface area (Å²) in [6, 6.07) is 8.39. The van der Waals surface area contributed by atoms with E-state index in [0.29, 0.717) is 0 Å². The maximum Gasteiger partial charge on any atom is 0.120 e. The first-order chi connectivity index (χ1) is 11.8. The summed E-state index contributed by atoms with van der Waals surface area (Å²) in [5.74, 6) is 0.939. The SMILES string of the molecule is C=CN1CCN(CCN2CCN(c3cccc(OC)c3)CC2)CC1. The predicted molar refractivity (Wildman–Crippen MR) is 99.9 cm³/mol. The van der Waals surface area contributed by atoms with Gasteiger partial charge in [-0.1, -0.05) is 12.6 Å². The predicted octanol–water partition coefficient (Wildman–Crippen LogP) is 1.58. The third-order valence-corrected chi connectivity index (χ3v) is 5.19. The van der Waals surface area contributed by atoms with Gasteiger partial charge in [-0.25, -0.2) is 0 Å². The molecule has 2 aliphatic rings. The summed E-state index contributed by atoms with van der Waals surface area (Å²) in [5.41, 5.74) is 1.27. The second-order valence-corrected chi connectivity index (χ2v) is 6.59. The monoisotopic (exact) mass is 330 g/mol. The van der Waals surface area contributed by atoms with Crippen molar-refractivity contribution in [2.24, 2.45) is 0 Å². The Morgan fingerprint density at radius 2 is 1.58 bits per heavy atom. The Morgan fingerprint density at radius 3 is 2.17 bits per heavy atom. The zero-order valence-electron chi connectivity index (χ0n) is 14.9. The van der Waals surface area contributed by atoms with Crippen molar-refractivity contribution in [2.45, 2.75) is 0 Å². The molecule has 0 spiro atoms. The van der Waals surface area contributed by atoms with Gasteiger partial charge in [-0.05, 0) is 18.3 Å². The van der Waals surface area contributed by atoms with Crippen molar-refractivity contribution in [2.75, 3.05) is 77.5 Å². The molecule has 2 fully saturated rings. The van der Waals surface area contributed by atoms with Crippen molar-refractivity contribution in [3.05, 3.63) is 37.0 Å². The van der Waals surface area contributed by atoms with Gasteiger partial charge in [-0.15, -0.1) is 0 Å². The first kappa shape index (κ1) is 17.1. The molecule has 0 radical (unpaired) electrons. The number of hydrogen-bond donors (Lipinski definition) is 0. The Bertz CT molecular complexity index is 520. The summed E-state index contributed by atoms with van der Waals surface area (Å²) in [5, 5.41) is 0. The molecule has 0 aliphatic carbocycles. The quantitative estimate of drug-likeness (QED) is 0.788. The average molecular weight is 330 g/mol. The maximum absolute atomic E-state index is 5.34. The molecule has 0 aromatic heterocycles. The van der Waals surface area contributed by atoms with Crippen molar-refractivity contribution < 1.29 is 4.74 Å². The Hall–Kier alpha value is -1.72. The van der Waals surface area contributed by atoms with Gasteiger partial charge in [0.15, 0.2) is 0 Å². The normalized spacial score (nSPS) is 20.2. The number of methoxy groups -OCH3 is 1. The van der Waals surface area contributed by atoms with E-state index in [4.69, 9.17) is 4.74 Å². The lowest BCUT2D eigenvalue weighted by molar-refractivity contribution is 0.143. The molecule has 5 heteroatoms. The second kappa shape index (κ2) is 8.40. The molecule has 132 valence electrons. The van der Waals surface area contributed by atoms with Crippen molar-refractivity contribution >= 4 is 5.69 Å². The molecule has 1 aromatic carbocycles. The van der Waals surface area contributed by atoms with E-state index in [1.165, 1.54) is 18.8 Å². The lowest BCUT2D eigenvalue weighted by atomic mass is 10.2. The van der Waals surface area contributed by atoms with Crippen molar-refractivity contribution in [3.8, 4) is 5.75 Å². The van der Waals surface area contributed by atoms with Crippen LogP contribution in [-0.4, -0.2) is 87.3 Å². The van der Waals surface area contributed by atoms with Crippen LogP contribution in [-0.2, 0) is 0 Å². The fourth-order valence-corrected chi connectivity index (χ4v) is 3.49. The Balaban J connectivity index is 1.40. The van der Waals surface area contributed by atoms with Crippen LogP contribution in [0.1, 0.15) is 0 Å². The van der Waals surface area contributed by atoms with E-state index in [9.17, 15) is 0 Å². The molecule has 2 saturated heterocycles. The standard InChI is InChI=1S/C19H30N4O/c1-3-20-7-9-21(10-8-20)11-12-22-13-15-23(16-14-22)18-5-4-6-19(17-18)24-2/h3-6,17H,1,7-16H2,2H3. The number of ether oxygens (including phenoxy) is 1. The van der Waals surface area contributed by atoms with Gasteiger partial charge in [-0.3, -0.25) is 9.80 Å². The minimum Gasteiger partial charge on any atom is -0.497 e. The van der Waals surface area contributed by atoms with E-state index in [0.717, 1.165) is 58.1 Å². The second-order valence-electron chi connectivity index (χ2n) is 6.59. The number of benzene rings is 1. The Kier molecular flexibility index (Phi) is 5.99. The van der Waals surface area contributed by atoms with E-state index in [1.54, 1.807) is 7.11 Å². The van der Waals surface area contributed by atoms with Crippen LogP contribution < -0.4 is 9.64 Å². The number of nitrogens with zero attached hydrogens (tertiary/aromatic N) is 4. The molecule has 0 unspecified atom stereocenters. The summed E-state index contributed by atoms with van der Waals surface area (Å²) in [4.78, 5) is 9.94. The van der Waals surface area contributed by atoms with Gasteiger partial charge in [0.2, 0.25) is 0 Å². The lowest BCUT2D eigenvalue weighted by Gasteiger charge is -2.38. The highest BCUT2D eigenvalue weighted by molar-refractivity contribution is 5.51. The highest BCUT2D eigenvalue weighted by Gasteiger charge is 2.19. The lowest BCUT2D eigenvalue weighted by Crippen LogP contribution is -2.50. The van der Waals surface area contributed by atoms with Gasteiger partial charge in [0.1, 0.15) is 5.75 Å². The van der Waals surface area contributed by atoms with E-state index >= 15 is 0 Å². The molecule has 5 nitrogen and oxygen atoms in total. The first-order valence-electron chi connectivity index (χ1n) is 8.99. The van der Waals surface area contributed by atoms with Gasteiger partial charge >= 0.3 is 0 Å². The van der Waals surface area contributed by atoms with Crippen LogP contribution in [0.25, 0.3) is 0 Å². The van der Waals surface area contributed by atoms with Crippen molar-refractivity contribution in [1.82, 2.24) is 14.7 Å². The molecule has 0 atom stereocenters. The van der Waals surface area contributed by atoms with Crippen molar-refractivity contribution in [3.63, 3.8) is 0 Å². The summed E-state index contributed by atoms with van der Waals surface area (Å²) in [6.45, 7) is 15.3. The third kappa shape index (κ3) is 4.42. The van der Waals surface area contributed by atoms with Crippen LogP contribution in [0.2, 0.25) is 0 Å². The number of hydrogen-bond acceptors (Lipinski definition) is 5. The maximum atomic E-state index is 5.34. The Morgan fingerprint density at radius 1 is 0.958 bits per heavy atom. The van der Waals surface area contributed by atoms with E-state index in [-0.39, 0.29) is 0 Å². The highest BCUT2D eigenvalue weighted by atomic mass is 16.5. The molecule has 0 N–H and O–H groups in total. The molecular formula is C19H30N4O. The van der Waals surface area contributed by atoms with Gasteiger partial charge < -0.3 is 14.5 Å². The fourth-order valence-electron chi connectivity index (χ4n) is 3.49.